The second-order valence-corrected chi connectivity index (χ2v) is 17.0. The Labute approximate surface area is 324 Å². The van der Waals surface area contributed by atoms with Gasteiger partial charge < -0.3 is 29.6 Å². The fourth-order valence-corrected chi connectivity index (χ4v) is 8.33. The van der Waals surface area contributed by atoms with Crippen molar-refractivity contribution in [1.82, 2.24) is 14.6 Å². The van der Waals surface area contributed by atoms with Crippen LogP contribution in [0.5, 0.6) is 0 Å². The van der Waals surface area contributed by atoms with Crippen molar-refractivity contribution in [2.45, 2.75) is 160 Å². The number of halogens is 1. The quantitative estimate of drug-likeness (QED) is 0.0653. The van der Waals surface area contributed by atoms with E-state index in [1.165, 1.54) is 70.2 Å². The van der Waals surface area contributed by atoms with Crippen LogP contribution in [0.4, 0.5) is 10.2 Å². The molecule has 0 aliphatic carbocycles. The minimum absolute atomic E-state index is 0.00395. The average molecular weight is 788 g/mol. The zero-order valence-electron chi connectivity index (χ0n) is 32.8. The van der Waals surface area contributed by atoms with Crippen molar-refractivity contribution in [3.63, 3.8) is 0 Å². The van der Waals surface area contributed by atoms with Crippen molar-refractivity contribution >= 4 is 19.2 Å². The Bertz CT molecular complexity index is 1770. The Balaban J connectivity index is 1.14. The maximum absolute atomic E-state index is 14.1. The highest BCUT2D eigenvalue weighted by atomic mass is 31.2. The van der Waals surface area contributed by atoms with Crippen LogP contribution in [0, 0.1) is 17.1 Å². The van der Waals surface area contributed by atoms with Gasteiger partial charge in [0.15, 0.2) is 11.6 Å². The summed E-state index contributed by atoms with van der Waals surface area (Å²) in [5.74, 6) is -1.18. The minimum atomic E-state index is -4.63. The molecule has 2 aromatic heterocycles. The largest absolute Gasteiger partial charge is 0.472 e. The number of nitriles is 1. The van der Waals surface area contributed by atoms with E-state index < -0.39 is 49.4 Å². The van der Waals surface area contributed by atoms with Gasteiger partial charge in [0, 0.05) is 0 Å². The van der Waals surface area contributed by atoms with Crippen molar-refractivity contribution in [2.24, 2.45) is 0 Å². The molecule has 13 nitrogen and oxygen atoms in total. The molecule has 0 amide bonds. The van der Waals surface area contributed by atoms with E-state index in [0.29, 0.717) is 29.0 Å². The monoisotopic (exact) mass is 787 g/mol. The average Bonchev–Trinajstić information content (AvgIpc) is 3.80. The van der Waals surface area contributed by atoms with Crippen molar-refractivity contribution in [3.05, 3.63) is 59.3 Å². The van der Waals surface area contributed by atoms with E-state index in [0.717, 1.165) is 31.7 Å². The summed E-state index contributed by atoms with van der Waals surface area (Å²) in [6.07, 6.45) is 15.2. The Morgan fingerprint density at radius 1 is 0.982 bits per heavy atom. The SMILES string of the molecule is CCCCCCCCCCCCCCC[C@H](COP(=O)(O)OC[C@@]1(C)O[C@@H](c2ccc3c(N)ncnn23)[C@@H]2OC(C)(C)O[C@@H]21)OCc1cc(F)cc(C#N)c1. The number of unbranched alkanes of at least 4 members (excludes halogenated alkanes) is 12. The molecule has 1 aromatic carbocycles. The van der Waals surface area contributed by atoms with E-state index in [9.17, 15) is 19.1 Å². The number of rotatable bonds is 24. The van der Waals surface area contributed by atoms with E-state index in [1.54, 1.807) is 37.4 Å². The first-order chi connectivity index (χ1) is 26.3. The molecule has 15 heteroatoms. The number of hydrogen-bond acceptors (Lipinski definition) is 11. The van der Waals surface area contributed by atoms with E-state index in [-0.39, 0.29) is 25.4 Å². The van der Waals surface area contributed by atoms with Crippen LogP contribution in [0.25, 0.3) is 5.52 Å². The van der Waals surface area contributed by atoms with Gasteiger partial charge in [-0.25, -0.2) is 18.5 Å². The molecule has 55 heavy (non-hydrogen) atoms. The summed E-state index contributed by atoms with van der Waals surface area (Å²) in [5, 5.41) is 13.6. The molecule has 2 fully saturated rings. The van der Waals surface area contributed by atoms with Crippen LogP contribution < -0.4 is 5.73 Å². The predicted molar refractivity (Wildman–Crippen MR) is 205 cm³/mol. The number of hydrogen-bond donors (Lipinski definition) is 2. The molecule has 5 rings (SSSR count). The van der Waals surface area contributed by atoms with Gasteiger partial charge in [-0.05, 0) is 63.1 Å². The number of nitrogen functional groups attached to an aromatic ring is 1. The van der Waals surface area contributed by atoms with E-state index in [4.69, 9.17) is 33.7 Å². The number of nitrogens with zero attached hydrogens (tertiary/aromatic N) is 4. The molecular weight excluding hydrogens is 728 g/mol. The first kappa shape index (κ1) is 43.1. The highest BCUT2D eigenvalue weighted by Crippen LogP contribution is 2.52. The van der Waals surface area contributed by atoms with E-state index in [2.05, 4.69) is 17.0 Å². The summed E-state index contributed by atoms with van der Waals surface area (Å²) in [5.41, 5.74) is 6.78. The molecule has 0 spiro atoms. The van der Waals surface area contributed by atoms with Crippen LogP contribution in [0.15, 0.2) is 36.7 Å². The molecule has 2 saturated heterocycles. The minimum Gasteiger partial charge on any atom is -0.382 e. The number of fused-ring (bicyclic) bond motifs is 2. The van der Waals surface area contributed by atoms with Gasteiger partial charge in [0.2, 0.25) is 0 Å². The number of aromatic nitrogens is 3. The molecule has 2 aliphatic rings. The van der Waals surface area contributed by atoms with Gasteiger partial charge in [-0.15, -0.1) is 0 Å². The first-order valence-electron chi connectivity index (χ1n) is 19.9. The highest BCUT2D eigenvalue weighted by Gasteiger charge is 2.62. The van der Waals surface area contributed by atoms with Crippen molar-refractivity contribution in [2.75, 3.05) is 18.9 Å². The molecule has 304 valence electrons. The zero-order chi connectivity index (χ0) is 39.5. The van der Waals surface area contributed by atoms with E-state index in [1.807, 2.05) is 12.1 Å². The number of benzene rings is 1. The third kappa shape index (κ3) is 12.3. The summed E-state index contributed by atoms with van der Waals surface area (Å²) >= 11 is 0. The second kappa shape index (κ2) is 19.9. The van der Waals surface area contributed by atoms with Crippen LogP contribution in [0.1, 0.15) is 141 Å². The summed E-state index contributed by atoms with van der Waals surface area (Å²) in [4.78, 5) is 14.9. The standard InChI is InChI=1S/C40H59FN5O8P/c1-5-6-7-8-9-10-11-12-13-14-15-16-17-18-32(49-25-30-21-29(24-42)22-31(41)23-30)26-50-55(47,48)51-27-40(4)37-36(52-39(2,3)54-37)35(53-40)33-19-20-34-38(43)44-28-45-46(33)34/h19-23,28,32,35-37H,5-18,25-27H2,1-4H3,(H,47,48)(H2,43,44,45)/t32-,35+,36+,37+,40-/m1/s1. The molecular formula is C40H59FN5O8P. The molecule has 3 N–H and O–H groups in total. The molecule has 6 atom stereocenters. The fraction of sp³-hybridized carbons (Fsp3) is 0.675. The Hall–Kier alpha value is -2.99. The van der Waals surface area contributed by atoms with Crippen LogP contribution in [-0.2, 0) is 39.2 Å². The molecule has 0 radical (unpaired) electrons. The molecule has 0 bridgehead atoms. The third-order valence-electron chi connectivity index (χ3n) is 10.4. The van der Waals surface area contributed by atoms with Crippen molar-refractivity contribution in [3.8, 4) is 6.07 Å². The lowest BCUT2D eigenvalue weighted by atomic mass is 9.97. The summed E-state index contributed by atoms with van der Waals surface area (Å²) in [6, 6.07) is 9.59. The Morgan fingerprint density at radius 2 is 1.65 bits per heavy atom. The number of phosphoric acid groups is 1. The van der Waals surface area contributed by atoms with Gasteiger partial charge in [0.1, 0.15) is 41.6 Å². The summed E-state index contributed by atoms with van der Waals surface area (Å²) in [7, 11) is -4.63. The maximum atomic E-state index is 14.1. The molecule has 2 aliphatic heterocycles. The lowest BCUT2D eigenvalue weighted by Gasteiger charge is -2.31. The number of ether oxygens (including phenoxy) is 4. The van der Waals surface area contributed by atoms with Crippen LogP contribution in [-0.4, -0.2) is 62.4 Å². The van der Waals surface area contributed by atoms with E-state index >= 15 is 0 Å². The Morgan fingerprint density at radius 3 is 2.33 bits per heavy atom. The molecule has 4 heterocycles. The highest BCUT2D eigenvalue weighted by molar-refractivity contribution is 7.47. The maximum Gasteiger partial charge on any atom is 0.472 e. The second-order valence-electron chi connectivity index (χ2n) is 15.5. The van der Waals surface area contributed by atoms with Gasteiger partial charge in [0.05, 0.1) is 43.3 Å². The molecule has 1 unspecified atom stereocenters. The first-order valence-corrected chi connectivity index (χ1v) is 21.4. The molecule has 3 aromatic rings. The zero-order valence-corrected chi connectivity index (χ0v) is 33.7. The lowest BCUT2D eigenvalue weighted by molar-refractivity contribution is -0.212. The van der Waals surface area contributed by atoms with Crippen LogP contribution >= 0.6 is 7.82 Å². The topological polar surface area (TPSA) is 173 Å². The van der Waals surface area contributed by atoms with Crippen LogP contribution in [0.2, 0.25) is 0 Å². The smallest absolute Gasteiger partial charge is 0.382 e. The van der Waals surface area contributed by atoms with Crippen LogP contribution in [0.3, 0.4) is 0 Å². The number of phosphoric ester groups is 1. The molecule has 0 saturated carbocycles. The predicted octanol–water partition coefficient (Wildman–Crippen LogP) is 8.87. The van der Waals surface area contributed by atoms with Crippen molar-refractivity contribution in [1.29, 1.82) is 5.26 Å². The lowest BCUT2D eigenvalue weighted by Crippen LogP contribution is -2.44. The van der Waals surface area contributed by atoms with Gasteiger partial charge in [-0.2, -0.15) is 10.4 Å². The number of anilines is 1. The van der Waals surface area contributed by atoms with Crippen molar-refractivity contribution < 1.29 is 41.8 Å². The Kier molecular flexibility index (Phi) is 15.6. The van der Waals surface area contributed by atoms with Gasteiger partial charge in [-0.1, -0.05) is 90.4 Å². The number of nitrogens with two attached hydrogens (primary N) is 1. The summed E-state index contributed by atoms with van der Waals surface area (Å²) < 4.78 is 65.3. The third-order valence-corrected chi connectivity index (χ3v) is 11.3. The van der Waals surface area contributed by atoms with Gasteiger partial charge >= 0.3 is 7.82 Å². The fourth-order valence-electron chi connectivity index (χ4n) is 7.48. The normalized spacial score (nSPS) is 23.5. The summed E-state index contributed by atoms with van der Waals surface area (Å²) in [6.45, 7) is 6.99. The van der Waals surface area contributed by atoms with Gasteiger partial charge in [0.25, 0.3) is 0 Å². The van der Waals surface area contributed by atoms with Gasteiger partial charge in [-0.3, -0.25) is 9.05 Å².